The number of carbonyl (C=O) groups is 1. The summed E-state index contributed by atoms with van der Waals surface area (Å²) < 4.78 is 0. The molecule has 0 atom stereocenters. The van der Waals surface area contributed by atoms with Crippen LogP contribution in [0.25, 0.3) is 0 Å². The van der Waals surface area contributed by atoms with Gasteiger partial charge in [0.05, 0.1) is 6.10 Å². The molecule has 1 heterocycles. The molecule has 2 rings (SSSR count). The van der Waals surface area contributed by atoms with E-state index in [1.165, 1.54) is 0 Å². The van der Waals surface area contributed by atoms with Gasteiger partial charge in [-0.3, -0.25) is 4.79 Å². The van der Waals surface area contributed by atoms with Crippen LogP contribution in [-0.4, -0.2) is 40.2 Å². The number of phenols is 1. The van der Waals surface area contributed by atoms with E-state index in [1.807, 2.05) is 12.1 Å². The number of rotatable bonds is 3. The van der Waals surface area contributed by atoms with Crippen LogP contribution < -0.4 is 0 Å². The maximum absolute atomic E-state index is 12.0. The molecule has 18 heavy (non-hydrogen) atoms. The quantitative estimate of drug-likeness (QED) is 0.849. The lowest BCUT2D eigenvalue weighted by Gasteiger charge is -2.29. The summed E-state index contributed by atoms with van der Waals surface area (Å²) in [6, 6.07) is 7.10. The minimum absolute atomic E-state index is 0.102. The topological polar surface area (TPSA) is 60.8 Å². The first-order chi connectivity index (χ1) is 8.66. The number of aliphatic hydroxyl groups excluding tert-OH is 1. The van der Waals surface area contributed by atoms with Gasteiger partial charge in [0.25, 0.3) is 0 Å². The second kappa shape index (κ2) is 5.87. The Morgan fingerprint density at radius 3 is 2.61 bits per heavy atom. The maximum Gasteiger partial charge on any atom is 0.222 e. The summed E-state index contributed by atoms with van der Waals surface area (Å²) in [7, 11) is 0. The van der Waals surface area contributed by atoms with Crippen LogP contribution in [0.3, 0.4) is 0 Å². The van der Waals surface area contributed by atoms with E-state index in [2.05, 4.69) is 0 Å². The Balaban J connectivity index is 1.83. The number of phenolic OH excluding ortho intramolecular Hbond substituents is 1. The first-order valence-electron chi connectivity index (χ1n) is 6.39. The molecule has 1 aromatic rings. The molecule has 0 saturated carbocycles. The van der Waals surface area contributed by atoms with Gasteiger partial charge in [0.2, 0.25) is 5.91 Å². The predicted octanol–water partition coefficient (Wildman–Crippen LogP) is 1.31. The Kier molecular flexibility index (Phi) is 4.20. The van der Waals surface area contributed by atoms with Gasteiger partial charge in [-0.2, -0.15) is 0 Å². The van der Waals surface area contributed by atoms with E-state index in [9.17, 15) is 15.0 Å². The number of amides is 1. The van der Waals surface area contributed by atoms with Gasteiger partial charge in [0, 0.05) is 19.5 Å². The molecule has 0 aliphatic carbocycles. The first-order valence-corrected chi connectivity index (χ1v) is 6.39. The highest BCUT2D eigenvalue weighted by Crippen LogP contribution is 2.18. The second-order valence-electron chi connectivity index (χ2n) is 4.74. The molecular weight excluding hydrogens is 230 g/mol. The van der Waals surface area contributed by atoms with Crippen molar-refractivity contribution in [1.29, 1.82) is 0 Å². The molecule has 1 amide bonds. The normalized spacial score (nSPS) is 16.8. The van der Waals surface area contributed by atoms with Crippen molar-refractivity contribution in [3.05, 3.63) is 29.8 Å². The molecule has 0 bridgehead atoms. The fourth-order valence-corrected chi connectivity index (χ4v) is 2.24. The van der Waals surface area contributed by atoms with Gasteiger partial charge in [-0.15, -0.1) is 0 Å². The van der Waals surface area contributed by atoms with Crippen LogP contribution in [-0.2, 0) is 11.2 Å². The predicted molar refractivity (Wildman–Crippen MR) is 68.2 cm³/mol. The number of hydrogen-bond donors (Lipinski definition) is 2. The van der Waals surface area contributed by atoms with Crippen LogP contribution in [0.4, 0.5) is 0 Å². The number of hydrogen-bond acceptors (Lipinski definition) is 3. The number of benzene rings is 1. The monoisotopic (exact) mass is 249 g/mol. The molecule has 1 aliphatic heterocycles. The third kappa shape index (κ3) is 3.23. The van der Waals surface area contributed by atoms with Crippen LogP contribution in [0.5, 0.6) is 5.75 Å². The zero-order valence-corrected chi connectivity index (χ0v) is 10.4. The summed E-state index contributed by atoms with van der Waals surface area (Å²) in [4.78, 5) is 13.8. The highest BCUT2D eigenvalue weighted by molar-refractivity contribution is 5.76. The van der Waals surface area contributed by atoms with Crippen LogP contribution >= 0.6 is 0 Å². The molecule has 98 valence electrons. The number of aryl methyl sites for hydroxylation is 1. The average molecular weight is 249 g/mol. The van der Waals surface area contributed by atoms with Crippen molar-refractivity contribution in [2.75, 3.05) is 13.1 Å². The molecule has 0 radical (unpaired) electrons. The molecule has 4 heteroatoms. The number of likely N-dealkylation sites (tertiary alicyclic amines) is 1. The SMILES string of the molecule is O=C(CCc1ccccc1O)N1CCC(O)CC1. The third-order valence-electron chi connectivity index (χ3n) is 3.42. The minimum Gasteiger partial charge on any atom is -0.508 e. The van der Waals surface area contributed by atoms with Crippen LogP contribution in [0.2, 0.25) is 0 Å². The summed E-state index contributed by atoms with van der Waals surface area (Å²) in [5, 5.41) is 19.0. The highest BCUT2D eigenvalue weighted by atomic mass is 16.3. The van der Waals surface area contributed by atoms with Crippen LogP contribution in [0.15, 0.2) is 24.3 Å². The molecule has 0 aromatic heterocycles. The number of nitrogens with zero attached hydrogens (tertiary/aromatic N) is 1. The van der Waals surface area contributed by atoms with Crippen molar-refractivity contribution < 1.29 is 15.0 Å². The third-order valence-corrected chi connectivity index (χ3v) is 3.42. The summed E-state index contributed by atoms with van der Waals surface area (Å²) in [5.41, 5.74) is 0.808. The number of para-hydroxylation sites is 1. The lowest BCUT2D eigenvalue weighted by Crippen LogP contribution is -2.40. The Morgan fingerprint density at radius 1 is 1.28 bits per heavy atom. The lowest BCUT2D eigenvalue weighted by atomic mass is 10.1. The zero-order valence-electron chi connectivity index (χ0n) is 10.4. The van der Waals surface area contributed by atoms with Gasteiger partial charge in [-0.1, -0.05) is 18.2 Å². The highest BCUT2D eigenvalue weighted by Gasteiger charge is 2.20. The summed E-state index contributed by atoms with van der Waals surface area (Å²) >= 11 is 0. The molecule has 1 aromatic carbocycles. The van der Waals surface area contributed by atoms with E-state index in [1.54, 1.807) is 17.0 Å². The second-order valence-corrected chi connectivity index (χ2v) is 4.74. The van der Waals surface area contributed by atoms with Crippen molar-refractivity contribution in [2.45, 2.75) is 31.8 Å². The number of aromatic hydroxyl groups is 1. The van der Waals surface area contributed by atoms with Gasteiger partial charge in [0.1, 0.15) is 5.75 Å². The van der Waals surface area contributed by atoms with Gasteiger partial charge in [-0.25, -0.2) is 0 Å². The Morgan fingerprint density at radius 2 is 1.94 bits per heavy atom. The molecule has 1 saturated heterocycles. The van der Waals surface area contributed by atoms with Crippen molar-refractivity contribution in [3.8, 4) is 5.75 Å². The fourth-order valence-electron chi connectivity index (χ4n) is 2.24. The molecule has 4 nitrogen and oxygen atoms in total. The lowest BCUT2D eigenvalue weighted by molar-refractivity contribution is -0.133. The minimum atomic E-state index is -0.257. The van der Waals surface area contributed by atoms with Crippen molar-refractivity contribution in [1.82, 2.24) is 4.90 Å². The average Bonchev–Trinajstić information content (AvgIpc) is 2.38. The number of carbonyl (C=O) groups excluding carboxylic acids is 1. The smallest absolute Gasteiger partial charge is 0.222 e. The van der Waals surface area contributed by atoms with E-state index < -0.39 is 0 Å². The van der Waals surface area contributed by atoms with E-state index in [4.69, 9.17) is 0 Å². The van der Waals surface area contributed by atoms with Crippen molar-refractivity contribution in [2.24, 2.45) is 0 Å². The Bertz CT molecular complexity index is 411. The molecular formula is C14H19NO3. The van der Waals surface area contributed by atoms with E-state index in [0.717, 1.165) is 5.56 Å². The van der Waals surface area contributed by atoms with Crippen molar-refractivity contribution >= 4 is 5.91 Å². The maximum atomic E-state index is 12.0. The standard InChI is InChI=1S/C14H19NO3/c16-12-7-9-15(10-8-12)14(18)6-5-11-3-1-2-4-13(11)17/h1-4,12,16-17H,5-10H2. The van der Waals surface area contributed by atoms with Gasteiger partial charge >= 0.3 is 0 Å². The van der Waals surface area contributed by atoms with Gasteiger partial charge < -0.3 is 15.1 Å². The summed E-state index contributed by atoms with van der Waals surface area (Å²) in [6.07, 6.45) is 2.05. The zero-order chi connectivity index (χ0) is 13.0. The molecule has 2 N–H and O–H groups in total. The Hall–Kier alpha value is -1.55. The van der Waals surface area contributed by atoms with E-state index >= 15 is 0 Å². The van der Waals surface area contributed by atoms with E-state index in [-0.39, 0.29) is 17.8 Å². The number of aliphatic hydroxyl groups is 1. The number of piperidine rings is 1. The summed E-state index contributed by atoms with van der Waals surface area (Å²) in [6.45, 7) is 1.28. The van der Waals surface area contributed by atoms with Gasteiger partial charge in [0.15, 0.2) is 0 Å². The molecule has 0 unspecified atom stereocenters. The van der Waals surface area contributed by atoms with Crippen LogP contribution in [0, 0.1) is 0 Å². The molecule has 0 spiro atoms. The largest absolute Gasteiger partial charge is 0.508 e. The molecule has 1 fully saturated rings. The van der Waals surface area contributed by atoms with Crippen molar-refractivity contribution in [3.63, 3.8) is 0 Å². The van der Waals surface area contributed by atoms with E-state index in [0.29, 0.717) is 38.8 Å². The first kappa shape index (κ1) is 12.9. The molecule has 1 aliphatic rings. The van der Waals surface area contributed by atoms with Crippen LogP contribution in [0.1, 0.15) is 24.8 Å². The summed E-state index contributed by atoms with van der Waals surface area (Å²) in [5.74, 6) is 0.351. The Labute approximate surface area is 107 Å². The van der Waals surface area contributed by atoms with Gasteiger partial charge in [-0.05, 0) is 30.9 Å². The fraction of sp³-hybridized carbons (Fsp3) is 0.500.